The summed E-state index contributed by atoms with van der Waals surface area (Å²) in [5.41, 5.74) is 3.38. The SMILES string of the molecule is CCc1noc(CC)c1CNc1nc(C)nc2scc(C)c12. The van der Waals surface area contributed by atoms with E-state index in [-0.39, 0.29) is 0 Å². The quantitative estimate of drug-likeness (QED) is 0.770. The van der Waals surface area contributed by atoms with E-state index in [2.05, 4.69) is 46.6 Å². The minimum absolute atomic E-state index is 0.677. The number of thiophene rings is 1. The molecular weight excluding hydrogens is 296 g/mol. The summed E-state index contributed by atoms with van der Waals surface area (Å²) in [5.74, 6) is 2.63. The maximum atomic E-state index is 5.42. The Hall–Kier alpha value is -1.95. The Morgan fingerprint density at radius 2 is 2.00 bits per heavy atom. The van der Waals surface area contributed by atoms with Gasteiger partial charge in [0.25, 0.3) is 0 Å². The van der Waals surface area contributed by atoms with Crippen LogP contribution < -0.4 is 5.32 Å². The normalized spacial score (nSPS) is 11.3. The maximum absolute atomic E-state index is 5.42. The topological polar surface area (TPSA) is 63.8 Å². The molecule has 0 aromatic carbocycles. The third-order valence-electron chi connectivity index (χ3n) is 3.77. The highest BCUT2D eigenvalue weighted by molar-refractivity contribution is 7.17. The molecule has 5 nitrogen and oxygen atoms in total. The molecular formula is C16H20N4OS. The minimum Gasteiger partial charge on any atom is -0.365 e. The number of fused-ring (bicyclic) bond motifs is 1. The molecule has 0 spiro atoms. The zero-order valence-corrected chi connectivity index (χ0v) is 14.2. The summed E-state index contributed by atoms with van der Waals surface area (Å²) in [5, 5.41) is 10.9. The van der Waals surface area contributed by atoms with Crippen LogP contribution in [0.1, 0.15) is 42.3 Å². The summed E-state index contributed by atoms with van der Waals surface area (Å²) in [6.07, 6.45) is 1.72. The molecule has 1 N–H and O–H groups in total. The molecule has 3 aromatic heterocycles. The Morgan fingerprint density at radius 1 is 1.18 bits per heavy atom. The van der Waals surface area contributed by atoms with E-state index in [4.69, 9.17) is 4.52 Å². The van der Waals surface area contributed by atoms with E-state index in [0.717, 1.165) is 51.7 Å². The van der Waals surface area contributed by atoms with Crippen LogP contribution in [0.5, 0.6) is 0 Å². The Morgan fingerprint density at radius 3 is 2.73 bits per heavy atom. The molecule has 0 aliphatic carbocycles. The summed E-state index contributed by atoms with van der Waals surface area (Å²) in [7, 11) is 0. The lowest BCUT2D eigenvalue weighted by Gasteiger charge is -2.09. The zero-order chi connectivity index (χ0) is 15.7. The fourth-order valence-corrected chi connectivity index (χ4v) is 3.60. The lowest BCUT2D eigenvalue weighted by molar-refractivity contribution is 0.380. The molecule has 0 aliphatic rings. The van der Waals surface area contributed by atoms with Gasteiger partial charge in [-0.25, -0.2) is 9.97 Å². The first-order chi connectivity index (χ1) is 10.6. The number of rotatable bonds is 5. The van der Waals surface area contributed by atoms with Crippen molar-refractivity contribution in [1.82, 2.24) is 15.1 Å². The van der Waals surface area contributed by atoms with Gasteiger partial charge in [0.15, 0.2) is 0 Å². The van der Waals surface area contributed by atoms with E-state index in [0.29, 0.717) is 6.54 Å². The van der Waals surface area contributed by atoms with E-state index in [1.165, 1.54) is 5.56 Å². The van der Waals surface area contributed by atoms with Crippen molar-refractivity contribution in [2.45, 2.75) is 47.1 Å². The first kappa shape index (κ1) is 15.0. The Labute approximate surface area is 133 Å². The lowest BCUT2D eigenvalue weighted by atomic mass is 10.1. The lowest BCUT2D eigenvalue weighted by Crippen LogP contribution is -2.06. The van der Waals surface area contributed by atoms with Crippen molar-refractivity contribution in [3.8, 4) is 0 Å². The van der Waals surface area contributed by atoms with Crippen LogP contribution in [0, 0.1) is 13.8 Å². The predicted octanol–water partition coefficient (Wildman–Crippen LogP) is 4.03. The number of nitrogens with one attached hydrogen (secondary N) is 1. The second-order valence-electron chi connectivity index (χ2n) is 5.31. The van der Waals surface area contributed by atoms with Crippen molar-refractivity contribution in [3.63, 3.8) is 0 Å². The molecule has 0 saturated carbocycles. The van der Waals surface area contributed by atoms with Crippen molar-refractivity contribution < 1.29 is 4.52 Å². The van der Waals surface area contributed by atoms with E-state index in [9.17, 15) is 0 Å². The van der Waals surface area contributed by atoms with Crippen LogP contribution >= 0.6 is 11.3 Å². The number of nitrogens with zero attached hydrogens (tertiary/aromatic N) is 3. The molecule has 3 rings (SSSR count). The van der Waals surface area contributed by atoms with Crippen LogP contribution in [0.15, 0.2) is 9.90 Å². The van der Waals surface area contributed by atoms with Gasteiger partial charge in [-0.15, -0.1) is 11.3 Å². The zero-order valence-electron chi connectivity index (χ0n) is 13.4. The third kappa shape index (κ3) is 2.59. The molecule has 0 atom stereocenters. The number of aryl methyl sites for hydroxylation is 4. The summed E-state index contributed by atoms with van der Waals surface area (Å²) in [6.45, 7) is 8.87. The third-order valence-corrected chi connectivity index (χ3v) is 4.76. The molecule has 0 unspecified atom stereocenters. The summed E-state index contributed by atoms with van der Waals surface area (Å²) >= 11 is 1.66. The molecule has 0 radical (unpaired) electrons. The maximum Gasteiger partial charge on any atom is 0.141 e. The van der Waals surface area contributed by atoms with Gasteiger partial charge in [-0.2, -0.15) is 0 Å². The predicted molar refractivity (Wildman–Crippen MR) is 89.5 cm³/mol. The molecule has 3 heterocycles. The van der Waals surface area contributed by atoms with Gasteiger partial charge in [0.1, 0.15) is 22.2 Å². The average molecular weight is 316 g/mol. The minimum atomic E-state index is 0.677. The van der Waals surface area contributed by atoms with Gasteiger partial charge in [0.2, 0.25) is 0 Å². The van der Waals surface area contributed by atoms with Gasteiger partial charge in [-0.1, -0.05) is 19.0 Å². The molecule has 6 heteroatoms. The molecule has 3 aromatic rings. The largest absolute Gasteiger partial charge is 0.365 e. The number of anilines is 1. The van der Waals surface area contributed by atoms with Crippen LogP contribution in [0.25, 0.3) is 10.2 Å². The smallest absolute Gasteiger partial charge is 0.141 e. The Balaban J connectivity index is 1.94. The summed E-state index contributed by atoms with van der Waals surface area (Å²) in [4.78, 5) is 10.1. The number of hydrogen-bond acceptors (Lipinski definition) is 6. The Kier molecular flexibility index (Phi) is 4.11. The van der Waals surface area contributed by atoms with E-state index >= 15 is 0 Å². The van der Waals surface area contributed by atoms with E-state index < -0.39 is 0 Å². The average Bonchev–Trinajstić information content (AvgIpc) is 3.08. The molecule has 0 aliphatic heterocycles. The summed E-state index contributed by atoms with van der Waals surface area (Å²) in [6, 6.07) is 0. The number of aromatic nitrogens is 3. The van der Waals surface area contributed by atoms with E-state index in [1.54, 1.807) is 11.3 Å². The first-order valence-electron chi connectivity index (χ1n) is 7.56. The van der Waals surface area contributed by atoms with Crippen LogP contribution in [-0.4, -0.2) is 15.1 Å². The second kappa shape index (κ2) is 6.04. The molecule has 0 bridgehead atoms. The van der Waals surface area contributed by atoms with Crippen LogP contribution in [0.3, 0.4) is 0 Å². The monoisotopic (exact) mass is 316 g/mol. The highest BCUT2D eigenvalue weighted by Crippen LogP contribution is 2.30. The van der Waals surface area contributed by atoms with Crippen LogP contribution in [0.4, 0.5) is 5.82 Å². The van der Waals surface area contributed by atoms with Gasteiger partial charge < -0.3 is 9.84 Å². The van der Waals surface area contributed by atoms with Crippen LogP contribution in [-0.2, 0) is 19.4 Å². The molecule has 116 valence electrons. The van der Waals surface area contributed by atoms with Gasteiger partial charge in [-0.3, -0.25) is 0 Å². The molecule has 22 heavy (non-hydrogen) atoms. The number of hydrogen-bond donors (Lipinski definition) is 1. The first-order valence-corrected chi connectivity index (χ1v) is 8.44. The van der Waals surface area contributed by atoms with Crippen molar-refractivity contribution >= 4 is 27.4 Å². The highest BCUT2D eigenvalue weighted by atomic mass is 32.1. The highest BCUT2D eigenvalue weighted by Gasteiger charge is 2.15. The van der Waals surface area contributed by atoms with Crippen molar-refractivity contribution in [1.29, 1.82) is 0 Å². The molecule has 0 saturated heterocycles. The van der Waals surface area contributed by atoms with Gasteiger partial charge >= 0.3 is 0 Å². The second-order valence-corrected chi connectivity index (χ2v) is 6.17. The molecule has 0 fully saturated rings. The molecule has 0 amide bonds. The summed E-state index contributed by atoms with van der Waals surface area (Å²) < 4.78 is 5.42. The van der Waals surface area contributed by atoms with Gasteiger partial charge in [0, 0.05) is 18.5 Å². The fourth-order valence-electron chi connectivity index (χ4n) is 2.63. The van der Waals surface area contributed by atoms with E-state index in [1.807, 2.05) is 6.92 Å². The van der Waals surface area contributed by atoms with Crippen molar-refractivity contribution in [2.75, 3.05) is 5.32 Å². The van der Waals surface area contributed by atoms with Crippen molar-refractivity contribution in [2.24, 2.45) is 0 Å². The Bertz CT molecular complexity index is 784. The fraction of sp³-hybridized carbons (Fsp3) is 0.438. The van der Waals surface area contributed by atoms with Crippen LogP contribution in [0.2, 0.25) is 0 Å². The van der Waals surface area contributed by atoms with Gasteiger partial charge in [-0.05, 0) is 31.2 Å². The van der Waals surface area contributed by atoms with Gasteiger partial charge in [0.05, 0.1) is 11.1 Å². The van der Waals surface area contributed by atoms with Crippen molar-refractivity contribution in [3.05, 3.63) is 33.8 Å². The standard InChI is InChI=1S/C16H20N4OS/c1-5-12-11(13(6-2)21-20-12)7-17-15-14-9(3)8-22-16(14)19-10(4)18-15/h8H,5-7H2,1-4H3,(H,17,18,19).